The first kappa shape index (κ1) is 14.8. The molecule has 1 atom stereocenters. The Morgan fingerprint density at radius 2 is 1.35 bits per heavy atom. The number of hydrogen-bond donors (Lipinski definition) is 0. The predicted octanol–water partition coefficient (Wildman–Crippen LogP) is 5.23. The van der Waals surface area contributed by atoms with Crippen molar-refractivity contribution in [2.75, 3.05) is 6.61 Å². The Labute approximate surface area is 122 Å². The second kappa shape index (κ2) is 7.86. The average molecular weight is 268 g/mol. The van der Waals surface area contributed by atoms with E-state index in [4.69, 9.17) is 4.74 Å². The Balaban J connectivity index is 2.09. The van der Waals surface area contributed by atoms with Crippen LogP contribution in [0, 0.1) is 5.92 Å². The lowest BCUT2D eigenvalue weighted by Gasteiger charge is -2.20. The molecule has 0 aliphatic rings. The van der Waals surface area contributed by atoms with Crippen LogP contribution in [-0.2, 0) is 4.74 Å². The van der Waals surface area contributed by atoms with Crippen LogP contribution in [0.4, 0.5) is 0 Å². The molecule has 0 bridgehead atoms. The van der Waals surface area contributed by atoms with E-state index in [0.29, 0.717) is 0 Å². The van der Waals surface area contributed by atoms with Crippen molar-refractivity contribution in [1.82, 2.24) is 0 Å². The summed E-state index contributed by atoms with van der Waals surface area (Å²) in [6, 6.07) is 20.9. The quantitative estimate of drug-likeness (QED) is 0.668. The molecule has 0 heterocycles. The number of ether oxygens (including phenoxy) is 1. The van der Waals surface area contributed by atoms with E-state index in [9.17, 15) is 0 Å². The summed E-state index contributed by atoms with van der Waals surface area (Å²) in [4.78, 5) is 0. The maximum absolute atomic E-state index is 6.19. The fourth-order valence-corrected chi connectivity index (χ4v) is 2.23. The lowest BCUT2D eigenvalue weighted by atomic mass is 10.0. The zero-order valence-electron chi connectivity index (χ0n) is 12.5. The molecule has 0 aliphatic carbocycles. The van der Waals surface area contributed by atoms with Crippen LogP contribution in [0.5, 0.6) is 0 Å². The molecule has 2 aromatic carbocycles. The minimum atomic E-state index is 0.0430. The number of rotatable bonds is 7. The molecular formula is C19H24O. The Kier molecular flexibility index (Phi) is 5.82. The van der Waals surface area contributed by atoms with Gasteiger partial charge in [-0.3, -0.25) is 0 Å². The van der Waals surface area contributed by atoms with Gasteiger partial charge in [-0.1, -0.05) is 80.9 Å². The molecule has 0 saturated heterocycles. The molecule has 0 aliphatic heterocycles. The third-order valence-electron chi connectivity index (χ3n) is 3.80. The number of hydrogen-bond acceptors (Lipinski definition) is 1. The van der Waals surface area contributed by atoms with E-state index in [1.807, 2.05) is 12.1 Å². The first-order valence-electron chi connectivity index (χ1n) is 7.52. The smallest absolute Gasteiger partial charge is 0.108 e. The fourth-order valence-electron chi connectivity index (χ4n) is 2.23. The summed E-state index contributed by atoms with van der Waals surface area (Å²) in [5.41, 5.74) is 2.45. The van der Waals surface area contributed by atoms with E-state index < -0.39 is 0 Å². The van der Waals surface area contributed by atoms with Crippen LogP contribution in [0.15, 0.2) is 60.7 Å². The lowest BCUT2D eigenvalue weighted by Crippen LogP contribution is -2.09. The van der Waals surface area contributed by atoms with Gasteiger partial charge in [-0.25, -0.2) is 0 Å². The van der Waals surface area contributed by atoms with Crippen LogP contribution in [-0.4, -0.2) is 6.61 Å². The normalized spacial score (nSPS) is 12.6. The van der Waals surface area contributed by atoms with E-state index in [0.717, 1.165) is 18.9 Å². The SMILES string of the molecule is CCC(C)CCOC(c1ccccc1)c1ccccc1. The van der Waals surface area contributed by atoms with Gasteiger partial charge in [-0.2, -0.15) is 0 Å². The molecule has 0 fully saturated rings. The molecule has 20 heavy (non-hydrogen) atoms. The minimum Gasteiger partial charge on any atom is -0.369 e. The van der Waals surface area contributed by atoms with Crippen molar-refractivity contribution >= 4 is 0 Å². The summed E-state index contributed by atoms with van der Waals surface area (Å²) in [6.07, 6.45) is 2.37. The second-order valence-electron chi connectivity index (χ2n) is 5.37. The Hall–Kier alpha value is -1.60. The standard InChI is InChI=1S/C19H24O/c1-3-16(2)14-15-20-19(17-10-6-4-7-11-17)18-12-8-5-9-13-18/h4-13,16,19H,3,14-15H2,1-2H3. The summed E-state index contributed by atoms with van der Waals surface area (Å²) in [5, 5.41) is 0. The van der Waals surface area contributed by atoms with Gasteiger partial charge < -0.3 is 4.74 Å². The molecule has 0 aromatic heterocycles. The summed E-state index contributed by atoms with van der Waals surface area (Å²) >= 11 is 0. The summed E-state index contributed by atoms with van der Waals surface area (Å²) in [6.45, 7) is 5.32. The predicted molar refractivity (Wildman–Crippen MR) is 84.8 cm³/mol. The van der Waals surface area contributed by atoms with Crippen LogP contribution < -0.4 is 0 Å². The lowest BCUT2D eigenvalue weighted by molar-refractivity contribution is 0.0704. The van der Waals surface area contributed by atoms with Crippen molar-refractivity contribution in [3.63, 3.8) is 0 Å². The summed E-state index contributed by atoms with van der Waals surface area (Å²) in [5.74, 6) is 0.724. The molecule has 0 radical (unpaired) electrons. The monoisotopic (exact) mass is 268 g/mol. The first-order valence-corrected chi connectivity index (χ1v) is 7.52. The van der Waals surface area contributed by atoms with Crippen molar-refractivity contribution in [3.8, 4) is 0 Å². The minimum absolute atomic E-state index is 0.0430. The molecule has 2 aromatic rings. The van der Waals surface area contributed by atoms with E-state index in [-0.39, 0.29) is 6.10 Å². The van der Waals surface area contributed by atoms with Crippen LogP contribution in [0.2, 0.25) is 0 Å². The maximum atomic E-state index is 6.19. The zero-order chi connectivity index (χ0) is 14.2. The van der Waals surface area contributed by atoms with Gasteiger partial charge in [0.15, 0.2) is 0 Å². The van der Waals surface area contributed by atoms with Crippen molar-refractivity contribution in [1.29, 1.82) is 0 Å². The molecule has 106 valence electrons. The molecule has 0 spiro atoms. The maximum Gasteiger partial charge on any atom is 0.108 e. The van der Waals surface area contributed by atoms with Crippen LogP contribution in [0.25, 0.3) is 0 Å². The Bertz CT molecular complexity index is 438. The second-order valence-corrected chi connectivity index (χ2v) is 5.37. The summed E-state index contributed by atoms with van der Waals surface area (Å²) in [7, 11) is 0. The first-order chi connectivity index (χ1) is 9.81. The van der Waals surface area contributed by atoms with E-state index in [2.05, 4.69) is 62.4 Å². The zero-order valence-corrected chi connectivity index (χ0v) is 12.5. The highest BCUT2D eigenvalue weighted by molar-refractivity contribution is 5.29. The van der Waals surface area contributed by atoms with Gasteiger partial charge in [-0.05, 0) is 23.5 Å². The molecule has 0 amide bonds. The highest BCUT2D eigenvalue weighted by Gasteiger charge is 2.14. The largest absolute Gasteiger partial charge is 0.369 e. The van der Waals surface area contributed by atoms with E-state index in [1.165, 1.54) is 17.5 Å². The van der Waals surface area contributed by atoms with Crippen LogP contribution in [0.1, 0.15) is 43.9 Å². The van der Waals surface area contributed by atoms with Crippen LogP contribution in [0.3, 0.4) is 0 Å². The summed E-state index contributed by atoms with van der Waals surface area (Å²) < 4.78 is 6.19. The highest BCUT2D eigenvalue weighted by Crippen LogP contribution is 2.26. The van der Waals surface area contributed by atoms with Gasteiger partial charge in [0.25, 0.3) is 0 Å². The molecule has 0 saturated carbocycles. The van der Waals surface area contributed by atoms with Gasteiger partial charge in [0.05, 0.1) is 0 Å². The molecule has 2 rings (SSSR count). The van der Waals surface area contributed by atoms with Gasteiger partial charge in [0.1, 0.15) is 6.10 Å². The third kappa shape index (κ3) is 4.21. The van der Waals surface area contributed by atoms with Crippen molar-refractivity contribution in [2.45, 2.75) is 32.8 Å². The molecule has 0 N–H and O–H groups in total. The van der Waals surface area contributed by atoms with Crippen molar-refractivity contribution in [2.24, 2.45) is 5.92 Å². The van der Waals surface area contributed by atoms with Gasteiger partial charge in [0.2, 0.25) is 0 Å². The van der Waals surface area contributed by atoms with E-state index >= 15 is 0 Å². The highest BCUT2D eigenvalue weighted by atomic mass is 16.5. The van der Waals surface area contributed by atoms with Gasteiger partial charge in [-0.15, -0.1) is 0 Å². The topological polar surface area (TPSA) is 9.23 Å². The average Bonchev–Trinajstić information content (AvgIpc) is 2.53. The Morgan fingerprint density at radius 3 is 1.80 bits per heavy atom. The molecule has 1 heteroatoms. The van der Waals surface area contributed by atoms with E-state index in [1.54, 1.807) is 0 Å². The van der Waals surface area contributed by atoms with Crippen molar-refractivity contribution < 1.29 is 4.74 Å². The van der Waals surface area contributed by atoms with Gasteiger partial charge in [0, 0.05) is 6.61 Å². The van der Waals surface area contributed by atoms with Crippen molar-refractivity contribution in [3.05, 3.63) is 71.8 Å². The fraction of sp³-hybridized carbons (Fsp3) is 0.368. The Morgan fingerprint density at radius 1 is 0.850 bits per heavy atom. The van der Waals surface area contributed by atoms with Gasteiger partial charge >= 0.3 is 0 Å². The molecular weight excluding hydrogens is 244 g/mol. The number of benzene rings is 2. The van der Waals surface area contributed by atoms with Crippen LogP contribution >= 0.6 is 0 Å². The molecule has 1 nitrogen and oxygen atoms in total. The third-order valence-corrected chi connectivity index (χ3v) is 3.80. The molecule has 1 unspecified atom stereocenters.